The molecule has 1 aromatic rings. The van der Waals surface area contributed by atoms with Crippen molar-refractivity contribution in [2.45, 2.75) is 56.5 Å². The highest BCUT2D eigenvalue weighted by Crippen LogP contribution is 2.53. The first-order valence-corrected chi connectivity index (χ1v) is 12.4. The van der Waals surface area contributed by atoms with Gasteiger partial charge >= 0.3 is 5.97 Å². The fraction of sp³-hybridized carbons (Fsp3) is 0.696. The summed E-state index contributed by atoms with van der Waals surface area (Å²) in [6, 6.07) is 4.09. The fourth-order valence-electron chi connectivity index (χ4n) is 6.59. The van der Waals surface area contributed by atoms with E-state index in [0.29, 0.717) is 43.0 Å². The molecule has 1 amide bonds. The summed E-state index contributed by atoms with van der Waals surface area (Å²) >= 11 is 1.59. The van der Waals surface area contributed by atoms with Crippen LogP contribution in [0.1, 0.15) is 55.8 Å². The summed E-state index contributed by atoms with van der Waals surface area (Å²) < 4.78 is 0. The van der Waals surface area contributed by atoms with Crippen LogP contribution >= 0.6 is 11.8 Å². The van der Waals surface area contributed by atoms with Crippen molar-refractivity contribution >= 4 is 29.5 Å². The van der Waals surface area contributed by atoms with Crippen LogP contribution in [0.4, 0.5) is 5.82 Å². The summed E-state index contributed by atoms with van der Waals surface area (Å²) in [7, 11) is 0. The second-order valence-electron chi connectivity index (χ2n) is 9.65. The Balaban J connectivity index is 1.32. The Morgan fingerprint density at radius 2 is 1.87 bits per heavy atom. The largest absolute Gasteiger partial charge is 0.481 e. The van der Waals surface area contributed by atoms with E-state index < -0.39 is 5.97 Å². The minimum atomic E-state index is -0.743. The maximum absolute atomic E-state index is 13.3. The molecule has 2 heterocycles. The van der Waals surface area contributed by atoms with E-state index in [1.165, 1.54) is 32.1 Å². The number of aliphatic carboxylic acids is 1. The lowest BCUT2D eigenvalue weighted by molar-refractivity contribution is -0.140. The molecule has 5 fully saturated rings. The molecular formula is C23H31N3O3S. The molecule has 30 heavy (non-hydrogen) atoms. The van der Waals surface area contributed by atoms with Gasteiger partial charge in [-0.1, -0.05) is 6.92 Å². The third kappa shape index (κ3) is 3.70. The van der Waals surface area contributed by atoms with Crippen LogP contribution in [0.2, 0.25) is 0 Å². The summed E-state index contributed by atoms with van der Waals surface area (Å²) in [6.07, 6.45) is 7.19. The smallest absolute Gasteiger partial charge is 0.308 e. The molecule has 6 nitrogen and oxygen atoms in total. The van der Waals surface area contributed by atoms with Crippen molar-refractivity contribution in [3.05, 3.63) is 17.7 Å². The molecule has 0 aromatic carbocycles. The molecule has 1 aliphatic heterocycles. The standard InChI is InChI=1S/C23H31N3O3S/c1-2-30-22-18(3-4-19(24-22)26-6-5-15(12-26)23(28)29)21(27)25-20-16-8-13-7-14(10-16)11-17(20)9-13/h3-4,13-17,20H,2,5-12H2,1H3,(H,25,27)(H,28,29)/t13?,14?,15-,16?,17?,20?/m0/s1. The number of carboxylic acid groups (broad SMARTS) is 1. The lowest BCUT2D eigenvalue weighted by Gasteiger charge is -2.54. The van der Waals surface area contributed by atoms with Crippen molar-refractivity contribution < 1.29 is 14.7 Å². The van der Waals surface area contributed by atoms with E-state index in [-0.39, 0.29) is 11.8 Å². The average Bonchev–Trinajstić information content (AvgIpc) is 3.21. The third-order valence-corrected chi connectivity index (χ3v) is 8.63. The first kappa shape index (κ1) is 20.2. The molecule has 7 heteroatoms. The van der Waals surface area contributed by atoms with Gasteiger partial charge in [0.25, 0.3) is 5.91 Å². The number of carboxylic acids is 1. The van der Waals surface area contributed by atoms with E-state index >= 15 is 0 Å². The molecule has 5 aliphatic rings. The quantitative estimate of drug-likeness (QED) is 0.672. The molecule has 1 saturated heterocycles. The van der Waals surface area contributed by atoms with E-state index in [0.717, 1.165) is 28.4 Å². The Bertz CT molecular complexity index is 817. The molecule has 1 aromatic heterocycles. The van der Waals surface area contributed by atoms with E-state index in [2.05, 4.69) is 12.2 Å². The van der Waals surface area contributed by atoms with Gasteiger partial charge in [0.2, 0.25) is 0 Å². The second kappa shape index (κ2) is 8.06. The van der Waals surface area contributed by atoms with Gasteiger partial charge in [-0.3, -0.25) is 9.59 Å². The zero-order valence-electron chi connectivity index (χ0n) is 17.5. The average molecular weight is 430 g/mol. The summed E-state index contributed by atoms with van der Waals surface area (Å²) in [6.45, 7) is 3.24. The van der Waals surface area contributed by atoms with Gasteiger partial charge < -0.3 is 15.3 Å². The predicted octanol–water partition coefficient (Wildman–Crippen LogP) is 3.66. The number of carbonyl (C=O) groups is 2. The Hall–Kier alpha value is -1.76. The molecular weight excluding hydrogens is 398 g/mol. The van der Waals surface area contributed by atoms with Crippen molar-refractivity contribution in [2.75, 3.05) is 23.7 Å². The number of hydrogen-bond donors (Lipinski definition) is 2. The molecule has 0 unspecified atom stereocenters. The summed E-state index contributed by atoms with van der Waals surface area (Å²) in [4.78, 5) is 31.3. The van der Waals surface area contributed by atoms with Gasteiger partial charge in [-0.2, -0.15) is 0 Å². The molecule has 162 valence electrons. The van der Waals surface area contributed by atoms with Gasteiger partial charge in [-0.05, 0) is 80.1 Å². The van der Waals surface area contributed by atoms with Crippen LogP contribution in [-0.2, 0) is 4.79 Å². The van der Waals surface area contributed by atoms with Crippen molar-refractivity contribution in [3.8, 4) is 0 Å². The summed E-state index contributed by atoms with van der Waals surface area (Å²) in [5.74, 6) is 3.63. The number of hydrogen-bond acceptors (Lipinski definition) is 5. The fourth-order valence-corrected chi connectivity index (χ4v) is 7.33. The molecule has 4 saturated carbocycles. The van der Waals surface area contributed by atoms with Crippen LogP contribution in [-0.4, -0.2) is 46.9 Å². The number of amides is 1. The van der Waals surface area contributed by atoms with Gasteiger partial charge in [0.15, 0.2) is 0 Å². The first-order valence-electron chi connectivity index (χ1n) is 11.4. The second-order valence-corrected chi connectivity index (χ2v) is 10.9. The highest BCUT2D eigenvalue weighted by Gasteiger charge is 2.48. The van der Waals surface area contributed by atoms with Crippen molar-refractivity contribution in [3.63, 3.8) is 0 Å². The molecule has 1 atom stereocenters. The van der Waals surface area contributed by atoms with Crippen LogP contribution in [0.5, 0.6) is 0 Å². The van der Waals surface area contributed by atoms with E-state index in [1.54, 1.807) is 11.8 Å². The number of anilines is 1. The molecule has 0 radical (unpaired) electrons. The third-order valence-electron chi connectivity index (χ3n) is 7.76. The van der Waals surface area contributed by atoms with Crippen molar-refractivity contribution in [1.82, 2.24) is 10.3 Å². The number of rotatable bonds is 6. The normalized spacial score (nSPS) is 34.4. The van der Waals surface area contributed by atoms with E-state index in [4.69, 9.17) is 4.98 Å². The van der Waals surface area contributed by atoms with Gasteiger partial charge in [-0.15, -0.1) is 11.8 Å². The van der Waals surface area contributed by atoms with Crippen LogP contribution in [0.25, 0.3) is 0 Å². The number of thioether (sulfide) groups is 1. The summed E-state index contributed by atoms with van der Waals surface area (Å²) in [5.41, 5.74) is 0.661. The van der Waals surface area contributed by atoms with Crippen molar-refractivity contribution in [1.29, 1.82) is 0 Å². The zero-order chi connectivity index (χ0) is 20.8. The Morgan fingerprint density at radius 1 is 1.17 bits per heavy atom. The summed E-state index contributed by atoms with van der Waals surface area (Å²) in [5, 5.41) is 13.4. The number of aromatic nitrogens is 1. The Labute approximate surface area is 182 Å². The Kier molecular flexibility index (Phi) is 5.42. The molecule has 6 rings (SSSR count). The highest BCUT2D eigenvalue weighted by atomic mass is 32.2. The minimum Gasteiger partial charge on any atom is -0.481 e. The zero-order valence-corrected chi connectivity index (χ0v) is 18.4. The van der Waals surface area contributed by atoms with Crippen LogP contribution in [0.15, 0.2) is 17.2 Å². The monoisotopic (exact) mass is 429 g/mol. The van der Waals surface area contributed by atoms with Gasteiger partial charge in [0.05, 0.1) is 11.5 Å². The number of nitrogens with zero attached hydrogens (tertiary/aromatic N) is 2. The molecule has 4 aliphatic carbocycles. The number of nitrogens with one attached hydrogen (secondary N) is 1. The predicted molar refractivity (Wildman–Crippen MR) is 117 cm³/mol. The number of carbonyl (C=O) groups excluding carboxylic acids is 1. The van der Waals surface area contributed by atoms with Crippen molar-refractivity contribution in [2.24, 2.45) is 29.6 Å². The van der Waals surface area contributed by atoms with Crippen LogP contribution < -0.4 is 10.2 Å². The minimum absolute atomic E-state index is 0.00677. The van der Waals surface area contributed by atoms with Gasteiger partial charge in [-0.25, -0.2) is 4.98 Å². The first-order chi connectivity index (χ1) is 14.5. The number of pyridine rings is 1. The maximum Gasteiger partial charge on any atom is 0.308 e. The Morgan fingerprint density at radius 3 is 2.47 bits per heavy atom. The van der Waals surface area contributed by atoms with E-state index in [1.807, 2.05) is 17.0 Å². The highest BCUT2D eigenvalue weighted by molar-refractivity contribution is 7.99. The lowest BCUT2D eigenvalue weighted by atomic mass is 9.54. The van der Waals surface area contributed by atoms with Gasteiger partial charge in [0, 0.05) is 19.1 Å². The van der Waals surface area contributed by atoms with E-state index in [9.17, 15) is 14.7 Å². The molecule has 4 bridgehead atoms. The molecule has 2 N–H and O–H groups in total. The van der Waals surface area contributed by atoms with Crippen LogP contribution in [0.3, 0.4) is 0 Å². The van der Waals surface area contributed by atoms with Gasteiger partial charge in [0.1, 0.15) is 10.8 Å². The lowest BCUT2D eigenvalue weighted by Crippen LogP contribution is -2.55. The SMILES string of the molecule is CCSc1nc(N2CC[C@H](C(=O)O)C2)ccc1C(=O)NC1C2CC3CC(C2)CC1C3. The van der Waals surface area contributed by atoms with Crippen LogP contribution in [0, 0.1) is 29.6 Å². The molecule has 0 spiro atoms. The topological polar surface area (TPSA) is 82.5 Å². The maximum atomic E-state index is 13.3.